The number of carbonyl (C=O) groups excluding carboxylic acids is 1. The second kappa shape index (κ2) is 7.04. The van der Waals surface area contributed by atoms with Gasteiger partial charge in [0.1, 0.15) is 6.10 Å². The van der Waals surface area contributed by atoms with Gasteiger partial charge in [-0.2, -0.15) is 0 Å². The molecule has 0 bridgehead atoms. The Morgan fingerprint density at radius 2 is 2.07 bits per heavy atom. The summed E-state index contributed by atoms with van der Waals surface area (Å²) in [4.78, 5) is 13.6. The molecule has 4 nitrogen and oxygen atoms in total. The molecule has 0 spiro atoms. The number of nitrogens with zero attached hydrogens (tertiary/aromatic N) is 1. The Morgan fingerprint density at radius 1 is 1.53 bits per heavy atom. The van der Waals surface area contributed by atoms with E-state index in [0.717, 1.165) is 12.8 Å². The Hall–Kier alpha value is -0.320. The van der Waals surface area contributed by atoms with Crippen molar-refractivity contribution in [3.05, 3.63) is 0 Å². The summed E-state index contributed by atoms with van der Waals surface area (Å²) in [6, 6.07) is 0.395. The smallest absolute Gasteiger partial charge is 0.252 e. The van der Waals surface area contributed by atoms with Gasteiger partial charge in [-0.25, -0.2) is 0 Å². The summed E-state index contributed by atoms with van der Waals surface area (Å²) in [6.45, 7) is 0.256. The molecule has 1 saturated carbocycles. The van der Waals surface area contributed by atoms with E-state index in [9.17, 15) is 4.79 Å². The van der Waals surface area contributed by atoms with E-state index in [0.29, 0.717) is 6.04 Å². The van der Waals surface area contributed by atoms with Crippen LogP contribution in [0.4, 0.5) is 0 Å². The Labute approximate surface area is 97.5 Å². The van der Waals surface area contributed by atoms with Gasteiger partial charge in [-0.15, -0.1) is 12.4 Å². The highest BCUT2D eigenvalue weighted by Crippen LogP contribution is 2.22. The molecule has 0 aliphatic heterocycles. The summed E-state index contributed by atoms with van der Waals surface area (Å²) >= 11 is 0. The lowest BCUT2D eigenvalue weighted by Gasteiger charge is -2.27. The number of hydrogen-bond donors (Lipinski definition) is 1. The summed E-state index contributed by atoms with van der Waals surface area (Å²) in [5.74, 6) is 0.0156. The highest BCUT2D eigenvalue weighted by atomic mass is 35.5. The van der Waals surface area contributed by atoms with Crippen LogP contribution in [-0.4, -0.2) is 43.7 Å². The monoisotopic (exact) mass is 236 g/mol. The molecule has 1 amide bonds. The summed E-state index contributed by atoms with van der Waals surface area (Å²) in [5.41, 5.74) is 5.45. The fourth-order valence-electron chi connectivity index (χ4n) is 2.00. The Balaban J connectivity index is 0.00000196. The van der Waals surface area contributed by atoms with Crippen LogP contribution in [0.1, 0.15) is 25.7 Å². The van der Waals surface area contributed by atoms with E-state index < -0.39 is 6.10 Å². The third kappa shape index (κ3) is 3.63. The van der Waals surface area contributed by atoms with Gasteiger partial charge in [0.25, 0.3) is 5.91 Å². The minimum atomic E-state index is -0.472. The molecule has 90 valence electrons. The average Bonchev–Trinajstić information content (AvgIpc) is 2.71. The van der Waals surface area contributed by atoms with Crippen LogP contribution < -0.4 is 5.73 Å². The molecule has 0 heterocycles. The predicted octanol–water partition coefficient (Wildman–Crippen LogP) is 0.783. The molecule has 0 aromatic heterocycles. The molecular weight excluding hydrogens is 216 g/mol. The van der Waals surface area contributed by atoms with Crippen molar-refractivity contribution in [3.8, 4) is 0 Å². The molecule has 1 fully saturated rings. The quantitative estimate of drug-likeness (QED) is 0.785. The van der Waals surface area contributed by atoms with E-state index in [4.69, 9.17) is 10.5 Å². The van der Waals surface area contributed by atoms with Crippen LogP contribution in [0.3, 0.4) is 0 Å². The Bertz CT molecular complexity index is 192. The summed E-state index contributed by atoms with van der Waals surface area (Å²) < 4.78 is 5.03. The lowest BCUT2D eigenvalue weighted by atomic mass is 10.2. The van der Waals surface area contributed by atoms with Crippen molar-refractivity contribution in [2.75, 3.05) is 20.7 Å². The van der Waals surface area contributed by atoms with Crippen molar-refractivity contribution in [3.63, 3.8) is 0 Å². The molecule has 15 heavy (non-hydrogen) atoms. The molecule has 0 saturated heterocycles. The first-order valence-corrected chi connectivity index (χ1v) is 5.20. The lowest BCUT2D eigenvalue weighted by molar-refractivity contribution is -0.142. The third-order valence-electron chi connectivity index (χ3n) is 2.99. The van der Waals surface area contributed by atoms with E-state index in [1.807, 2.05) is 7.05 Å². The van der Waals surface area contributed by atoms with Gasteiger partial charge in [0.05, 0.1) is 0 Å². The molecule has 1 aliphatic carbocycles. The molecule has 0 radical (unpaired) electrons. The number of rotatable bonds is 4. The van der Waals surface area contributed by atoms with E-state index in [-0.39, 0.29) is 24.9 Å². The van der Waals surface area contributed by atoms with E-state index in [1.54, 1.807) is 4.90 Å². The maximum Gasteiger partial charge on any atom is 0.252 e. The van der Waals surface area contributed by atoms with Gasteiger partial charge in [0, 0.05) is 26.7 Å². The zero-order chi connectivity index (χ0) is 10.6. The molecule has 1 atom stereocenters. The average molecular weight is 237 g/mol. The van der Waals surface area contributed by atoms with Gasteiger partial charge in [0.15, 0.2) is 0 Å². The Kier molecular flexibility index (Phi) is 6.89. The highest BCUT2D eigenvalue weighted by Gasteiger charge is 2.27. The number of ether oxygens (including phenoxy) is 1. The van der Waals surface area contributed by atoms with Crippen LogP contribution in [0.15, 0.2) is 0 Å². The molecule has 0 aromatic rings. The van der Waals surface area contributed by atoms with Crippen molar-refractivity contribution in [1.82, 2.24) is 4.90 Å². The number of halogens is 1. The van der Waals surface area contributed by atoms with Gasteiger partial charge in [-0.05, 0) is 12.8 Å². The summed E-state index contributed by atoms with van der Waals surface area (Å²) in [6.07, 6.45) is 4.21. The minimum absolute atomic E-state index is 0. The van der Waals surface area contributed by atoms with Crippen LogP contribution in [0.2, 0.25) is 0 Å². The number of nitrogens with two attached hydrogens (primary N) is 1. The molecule has 1 aliphatic rings. The van der Waals surface area contributed by atoms with E-state index in [2.05, 4.69) is 0 Å². The molecule has 1 rings (SSSR count). The summed E-state index contributed by atoms with van der Waals surface area (Å²) in [7, 11) is 3.37. The zero-order valence-corrected chi connectivity index (χ0v) is 10.3. The number of amides is 1. The van der Waals surface area contributed by atoms with Crippen molar-refractivity contribution in [2.45, 2.75) is 37.8 Å². The van der Waals surface area contributed by atoms with E-state index >= 15 is 0 Å². The van der Waals surface area contributed by atoms with Crippen LogP contribution >= 0.6 is 12.4 Å². The largest absolute Gasteiger partial charge is 0.370 e. The van der Waals surface area contributed by atoms with Crippen molar-refractivity contribution in [2.24, 2.45) is 5.73 Å². The first-order valence-electron chi connectivity index (χ1n) is 5.20. The van der Waals surface area contributed by atoms with Crippen molar-refractivity contribution in [1.29, 1.82) is 0 Å². The zero-order valence-electron chi connectivity index (χ0n) is 9.44. The topological polar surface area (TPSA) is 55.6 Å². The standard InChI is InChI=1S/C10H20N2O2.ClH/c1-12(8-5-3-4-6-8)10(13)9(7-11)14-2;/h8-9H,3-7,11H2,1-2H3;1H. The number of carbonyl (C=O) groups is 1. The van der Waals surface area contributed by atoms with Crippen LogP contribution in [0, 0.1) is 0 Å². The van der Waals surface area contributed by atoms with E-state index in [1.165, 1.54) is 20.0 Å². The second-order valence-electron chi connectivity index (χ2n) is 3.85. The predicted molar refractivity (Wildman–Crippen MR) is 62.1 cm³/mol. The first-order chi connectivity index (χ1) is 6.70. The molecule has 1 unspecified atom stereocenters. The second-order valence-corrected chi connectivity index (χ2v) is 3.85. The molecule has 0 aromatic carbocycles. The number of methoxy groups -OCH3 is 1. The van der Waals surface area contributed by atoms with Crippen LogP contribution in [0.5, 0.6) is 0 Å². The van der Waals surface area contributed by atoms with Crippen LogP contribution in [-0.2, 0) is 9.53 Å². The lowest BCUT2D eigenvalue weighted by Crippen LogP contribution is -2.45. The maximum absolute atomic E-state index is 11.8. The normalized spacial score (nSPS) is 18.3. The van der Waals surface area contributed by atoms with Gasteiger partial charge in [-0.1, -0.05) is 12.8 Å². The van der Waals surface area contributed by atoms with Gasteiger partial charge < -0.3 is 15.4 Å². The van der Waals surface area contributed by atoms with Crippen LogP contribution in [0.25, 0.3) is 0 Å². The molecule has 5 heteroatoms. The highest BCUT2D eigenvalue weighted by molar-refractivity contribution is 5.85. The van der Waals surface area contributed by atoms with Gasteiger partial charge in [0.2, 0.25) is 0 Å². The first kappa shape index (κ1) is 14.7. The number of likely N-dealkylation sites (N-methyl/N-ethyl adjacent to an activating group) is 1. The summed E-state index contributed by atoms with van der Waals surface area (Å²) in [5, 5.41) is 0. The maximum atomic E-state index is 11.8. The SMILES string of the molecule is COC(CN)C(=O)N(C)C1CCCC1.Cl. The molecule has 2 N–H and O–H groups in total. The van der Waals surface area contributed by atoms with Crippen molar-refractivity contribution < 1.29 is 9.53 Å². The fraction of sp³-hybridized carbons (Fsp3) is 0.900. The Morgan fingerprint density at radius 3 is 2.47 bits per heavy atom. The van der Waals surface area contributed by atoms with Gasteiger partial charge in [-0.3, -0.25) is 4.79 Å². The van der Waals surface area contributed by atoms with Crippen molar-refractivity contribution >= 4 is 18.3 Å². The van der Waals surface area contributed by atoms with Gasteiger partial charge >= 0.3 is 0 Å². The fourth-order valence-corrected chi connectivity index (χ4v) is 2.00. The minimum Gasteiger partial charge on any atom is -0.370 e. The number of hydrogen-bond acceptors (Lipinski definition) is 3. The molecular formula is C10H21ClN2O2. The third-order valence-corrected chi connectivity index (χ3v) is 2.99.